The first-order valence-electron chi connectivity index (χ1n) is 3.41. The molecular formula is C8H11FNP. The van der Waals surface area contributed by atoms with Gasteiger partial charge in [0.15, 0.2) is 5.41 Å². The Hall–Kier alpha value is -0.490. The molecule has 2 unspecified atom stereocenters. The molecular weight excluding hydrogens is 160 g/mol. The number of pyridine rings is 1. The molecule has 0 bridgehead atoms. The first kappa shape index (κ1) is 8.61. The van der Waals surface area contributed by atoms with Crippen LogP contribution in [0.1, 0.15) is 18.2 Å². The van der Waals surface area contributed by atoms with Crippen LogP contribution in [0.25, 0.3) is 0 Å². The van der Waals surface area contributed by atoms with Crippen molar-refractivity contribution < 1.29 is 4.39 Å². The van der Waals surface area contributed by atoms with E-state index in [4.69, 9.17) is 0 Å². The van der Waals surface area contributed by atoms with E-state index in [1.165, 1.54) is 6.92 Å². The number of hydrogen-bond donors (Lipinski definition) is 0. The third kappa shape index (κ3) is 2.23. The molecule has 1 aromatic rings. The van der Waals surface area contributed by atoms with E-state index in [0.717, 1.165) is 5.56 Å². The van der Waals surface area contributed by atoms with Crippen molar-refractivity contribution in [3.63, 3.8) is 0 Å². The summed E-state index contributed by atoms with van der Waals surface area (Å²) in [5.74, 6) is 0. The van der Waals surface area contributed by atoms with Gasteiger partial charge < -0.3 is 0 Å². The summed E-state index contributed by atoms with van der Waals surface area (Å²) >= 11 is 0. The summed E-state index contributed by atoms with van der Waals surface area (Å²) in [6, 6.07) is 3.55. The average Bonchev–Trinajstić information content (AvgIpc) is 1.86. The van der Waals surface area contributed by atoms with E-state index in [1.807, 2.05) is 13.0 Å². The van der Waals surface area contributed by atoms with Crippen molar-refractivity contribution in [2.45, 2.75) is 19.3 Å². The third-order valence-electron chi connectivity index (χ3n) is 1.41. The molecule has 0 saturated heterocycles. The SMILES string of the molecule is Cc1ccc(C(C)(F)P)nc1. The van der Waals surface area contributed by atoms with Crippen LogP contribution < -0.4 is 0 Å². The minimum absolute atomic E-state index is 0.452. The maximum atomic E-state index is 13.2. The number of hydrogen-bond acceptors (Lipinski definition) is 1. The second-order valence-electron chi connectivity index (χ2n) is 2.80. The highest BCUT2D eigenvalue weighted by atomic mass is 31.0. The summed E-state index contributed by atoms with van der Waals surface area (Å²) in [4.78, 5) is 3.95. The molecule has 0 fully saturated rings. The zero-order chi connectivity index (χ0) is 8.48. The number of rotatable bonds is 1. The van der Waals surface area contributed by atoms with Crippen molar-refractivity contribution in [3.8, 4) is 0 Å². The van der Waals surface area contributed by atoms with Gasteiger partial charge in [0.2, 0.25) is 0 Å². The maximum Gasteiger partial charge on any atom is 0.162 e. The van der Waals surface area contributed by atoms with Gasteiger partial charge in [0.25, 0.3) is 0 Å². The number of aryl methyl sites for hydroxylation is 1. The first-order valence-corrected chi connectivity index (χ1v) is 3.99. The van der Waals surface area contributed by atoms with Crippen molar-refractivity contribution in [1.29, 1.82) is 0 Å². The minimum atomic E-state index is -1.41. The van der Waals surface area contributed by atoms with Crippen LogP contribution in [-0.2, 0) is 5.41 Å². The van der Waals surface area contributed by atoms with E-state index in [0.29, 0.717) is 5.69 Å². The van der Waals surface area contributed by atoms with Crippen LogP contribution in [0.2, 0.25) is 0 Å². The lowest BCUT2D eigenvalue weighted by atomic mass is 10.2. The molecule has 0 amide bonds. The van der Waals surface area contributed by atoms with Crippen LogP contribution >= 0.6 is 9.24 Å². The highest BCUT2D eigenvalue weighted by molar-refractivity contribution is 7.18. The van der Waals surface area contributed by atoms with Crippen LogP contribution in [0.3, 0.4) is 0 Å². The standard InChI is InChI=1S/C8H11FNP/c1-6-3-4-7(10-5-6)8(2,9)11/h3-5H,11H2,1-2H3. The topological polar surface area (TPSA) is 12.9 Å². The lowest BCUT2D eigenvalue weighted by Crippen LogP contribution is -2.06. The fourth-order valence-electron chi connectivity index (χ4n) is 0.757. The van der Waals surface area contributed by atoms with Crippen molar-refractivity contribution >= 4 is 9.24 Å². The summed E-state index contributed by atoms with van der Waals surface area (Å²) < 4.78 is 13.2. The molecule has 0 aliphatic rings. The molecule has 0 N–H and O–H groups in total. The molecule has 60 valence electrons. The van der Waals surface area contributed by atoms with Crippen LogP contribution in [0.4, 0.5) is 4.39 Å². The van der Waals surface area contributed by atoms with Gasteiger partial charge in [-0.05, 0) is 25.5 Å². The van der Waals surface area contributed by atoms with Crippen molar-refractivity contribution in [2.24, 2.45) is 0 Å². The van der Waals surface area contributed by atoms with E-state index < -0.39 is 5.41 Å². The van der Waals surface area contributed by atoms with Gasteiger partial charge in [-0.25, -0.2) is 4.39 Å². The number of nitrogens with zero attached hydrogens (tertiary/aromatic N) is 1. The molecule has 0 aromatic carbocycles. The predicted molar refractivity (Wildman–Crippen MR) is 47.1 cm³/mol. The van der Waals surface area contributed by atoms with Gasteiger partial charge in [-0.15, -0.1) is 0 Å². The molecule has 0 saturated carbocycles. The maximum absolute atomic E-state index is 13.2. The highest BCUT2D eigenvalue weighted by Crippen LogP contribution is 2.30. The lowest BCUT2D eigenvalue weighted by Gasteiger charge is -2.12. The van der Waals surface area contributed by atoms with Crippen LogP contribution in [0.15, 0.2) is 18.3 Å². The van der Waals surface area contributed by atoms with Crippen molar-refractivity contribution in [3.05, 3.63) is 29.6 Å². The zero-order valence-corrected chi connectivity index (χ0v) is 7.79. The van der Waals surface area contributed by atoms with Crippen molar-refractivity contribution in [1.82, 2.24) is 4.98 Å². The van der Waals surface area contributed by atoms with Crippen LogP contribution in [0.5, 0.6) is 0 Å². The second-order valence-corrected chi connectivity index (χ2v) is 3.88. The van der Waals surface area contributed by atoms with Crippen LogP contribution in [0, 0.1) is 6.92 Å². The summed E-state index contributed by atoms with van der Waals surface area (Å²) in [5, 5.41) is -1.41. The summed E-state index contributed by atoms with van der Waals surface area (Å²) in [6.45, 7) is 3.39. The van der Waals surface area contributed by atoms with E-state index in [2.05, 4.69) is 14.2 Å². The van der Waals surface area contributed by atoms with E-state index >= 15 is 0 Å². The molecule has 1 nitrogen and oxygen atoms in total. The largest absolute Gasteiger partial charge is 0.257 e. The monoisotopic (exact) mass is 171 g/mol. The Kier molecular flexibility index (Phi) is 2.24. The smallest absolute Gasteiger partial charge is 0.162 e. The minimum Gasteiger partial charge on any atom is -0.257 e. The molecule has 1 rings (SSSR count). The predicted octanol–water partition coefficient (Wildman–Crippen LogP) is 2.41. The molecule has 2 atom stereocenters. The Morgan fingerprint density at radius 1 is 1.55 bits per heavy atom. The van der Waals surface area contributed by atoms with Gasteiger partial charge in [0, 0.05) is 6.20 Å². The molecule has 0 aliphatic carbocycles. The second kappa shape index (κ2) is 2.86. The molecule has 0 aliphatic heterocycles. The summed E-state index contributed by atoms with van der Waals surface area (Å²) in [7, 11) is 2.12. The highest BCUT2D eigenvalue weighted by Gasteiger charge is 2.19. The van der Waals surface area contributed by atoms with Gasteiger partial charge in [0.1, 0.15) is 0 Å². The van der Waals surface area contributed by atoms with Gasteiger partial charge in [0.05, 0.1) is 5.69 Å². The van der Waals surface area contributed by atoms with Gasteiger partial charge >= 0.3 is 0 Å². The summed E-state index contributed by atoms with van der Waals surface area (Å²) in [6.07, 6.45) is 1.66. The Bertz CT molecular complexity index is 237. The van der Waals surface area contributed by atoms with Gasteiger partial charge in [-0.1, -0.05) is 15.3 Å². The molecule has 1 heterocycles. The zero-order valence-electron chi connectivity index (χ0n) is 6.63. The van der Waals surface area contributed by atoms with Gasteiger partial charge in [-0.2, -0.15) is 0 Å². The molecule has 3 heteroatoms. The molecule has 1 aromatic heterocycles. The van der Waals surface area contributed by atoms with E-state index in [-0.39, 0.29) is 0 Å². The number of aromatic nitrogens is 1. The fourth-order valence-corrected chi connectivity index (χ4v) is 0.928. The Balaban J connectivity index is 2.99. The van der Waals surface area contributed by atoms with Gasteiger partial charge in [-0.3, -0.25) is 4.98 Å². The molecule has 11 heavy (non-hydrogen) atoms. The number of halogens is 1. The fraction of sp³-hybridized carbons (Fsp3) is 0.375. The average molecular weight is 171 g/mol. The Morgan fingerprint density at radius 2 is 2.18 bits per heavy atom. The summed E-state index contributed by atoms with van der Waals surface area (Å²) in [5.41, 5.74) is 1.50. The third-order valence-corrected chi connectivity index (χ3v) is 1.71. The lowest BCUT2D eigenvalue weighted by molar-refractivity contribution is 0.315. The van der Waals surface area contributed by atoms with E-state index in [1.54, 1.807) is 12.3 Å². The van der Waals surface area contributed by atoms with Crippen molar-refractivity contribution in [2.75, 3.05) is 0 Å². The molecule has 0 spiro atoms. The normalized spacial score (nSPS) is 16.0. The van der Waals surface area contributed by atoms with E-state index in [9.17, 15) is 4.39 Å². The quantitative estimate of drug-likeness (QED) is 0.591. The number of alkyl halides is 1. The Labute approximate surface area is 68.2 Å². The molecule has 0 radical (unpaired) electrons. The Morgan fingerprint density at radius 3 is 2.55 bits per heavy atom. The first-order chi connectivity index (χ1) is 5.00. The van der Waals surface area contributed by atoms with Crippen LogP contribution in [-0.4, -0.2) is 4.98 Å².